The Labute approximate surface area is 156 Å². The van der Waals surface area contributed by atoms with Crippen LogP contribution in [0, 0.1) is 0 Å². The molecule has 132 valence electrons. The number of fused-ring (bicyclic) bond motifs is 1. The average Bonchev–Trinajstić information content (AvgIpc) is 2.97. The SMILES string of the molecule is CC(=O)N1CCc2cc(Br)c(S(=O)(=O)N[C@H](C)c3ccccc3)cc21. The molecule has 1 atom stereocenters. The maximum Gasteiger partial charge on any atom is 0.242 e. The molecule has 1 aliphatic heterocycles. The third-order valence-corrected chi connectivity index (χ3v) is 6.83. The minimum absolute atomic E-state index is 0.0879. The van der Waals surface area contributed by atoms with Gasteiger partial charge in [0.25, 0.3) is 0 Å². The second kappa shape index (κ2) is 6.90. The molecular weight excluding hydrogens is 404 g/mol. The van der Waals surface area contributed by atoms with E-state index in [9.17, 15) is 13.2 Å². The van der Waals surface area contributed by atoms with Crippen LogP contribution in [0.5, 0.6) is 0 Å². The number of rotatable bonds is 4. The highest BCUT2D eigenvalue weighted by atomic mass is 79.9. The summed E-state index contributed by atoms with van der Waals surface area (Å²) in [4.78, 5) is 13.5. The van der Waals surface area contributed by atoms with Gasteiger partial charge in [-0.1, -0.05) is 30.3 Å². The fraction of sp³-hybridized carbons (Fsp3) is 0.278. The summed E-state index contributed by atoms with van der Waals surface area (Å²) in [5, 5.41) is 0. The fourth-order valence-corrected chi connectivity index (χ4v) is 5.37. The molecule has 1 aliphatic rings. The smallest absolute Gasteiger partial charge is 0.242 e. The lowest BCUT2D eigenvalue weighted by Gasteiger charge is -2.18. The van der Waals surface area contributed by atoms with Gasteiger partial charge in [0.2, 0.25) is 15.9 Å². The molecule has 0 fully saturated rings. The van der Waals surface area contributed by atoms with E-state index in [-0.39, 0.29) is 16.8 Å². The lowest BCUT2D eigenvalue weighted by molar-refractivity contribution is -0.116. The minimum atomic E-state index is -3.74. The van der Waals surface area contributed by atoms with Crippen LogP contribution in [0.15, 0.2) is 51.8 Å². The van der Waals surface area contributed by atoms with Gasteiger partial charge in [-0.05, 0) is 52.5 Å². The van der Waals surface area contributed by atoms with E-state index in [2.05, 4.69) is 20.7 Å². The monoisotopic (exact) mass is 422 g/mol. The highest BCUT2D eigenvalue weighted by molar-refractivity contribution is 9.10. The molecule has 1 amide bonds. The van der Waals surface area contributed by atoms with Crippen molar-refractivity contribution in [1.29, 1.82) is 0 Å². The molecule has 5 nitrogen and oxygen atoms in total. The van der Waals surface area contributed by atoms with Crippen molar-refractivity contribution in [3.63, 3.8) is 0 Å². The molecule has 0 unspecified atom stereocenters. The Morgan fingerprint density at radius 3 is 2.56 bits per heavy atom. The molecule has 0 radical (unpaired) electrons. The van der Waals surface area contributed by atoms with Gasteiger partial charge in [-0.25, -0.2) is 13.1 Å². The van der Waals surface area contributed by atoms with Crippen molar-refractivity contribution in [2.24, 2.45) is 0 Å². The summed E-state index contributed by atoms with van der Waals surface area (Å²) >= 11 is 3.37. The maximum absolute atomic E-state index is 12.9. The van der Waals surface area contributed by atoms with Gasteiger partial charge in [-0.3, -0.25) is 4.79 Å². The maximum atomic E-state index is 12.9. The molecule has 0 spiro atoms. The molecule has 7 heteroatoms. The van der Waals surface area contributed by atoms with E-state index >= 15 is 0 Å². The molecule has 3 rings (SSSR count). The molecule has 25 heavy (non-hydrogen) atoms. The van der Waals surface area contributed by atoms with Crippen molar-refractivity contribution in [2.45, 2.75) is 31.2 Å². The van der Waals surface area contributed by atoms with Crippen LogP contribution < -0.4 is 9.62 Å². The van der Waals surface area contributed by atoms with Gasteiger partial charge >= 0.3 is 0 Å². The van der Waals surface area contributed by atoms with Crippen molar-refractivity contribution in [3.8, 4) is 0 Å². The van der Waals surface area contributed by atoms with Crippen LogP contribution in [0.25, 0.3) is 0 Å². The molecule has 2 aromatic rings. The molecule has 0 bridgehead atoms. The van der Waals surface area contributed by atoms with Gasteiger partial charge in [0, 0.05) is 29.7 Å². The Bertz CT molecular complexity index is 913. The Morgan fingerprint density at radius 1 is 1.24 bits per heavy atom. The van der Waals surface area contributed by atoms with E-state index < -0.39 is 10.0 Å². The number of carbonyl (C=O) groups is 1. The minimum Gasteiger partial charge on any atom is -0.312 e. The number of sulfonamides is 1. The quantitative estimate of drug-likeness (QED) is 0.820. The Kier molecular flexibility index (Phi) is 4.99. The average molecular weight is 423 g/mol. The summed E-state index contributed by atoms with van der Waals surface area (Å²) in [6, 6.07) is 12.4. The zero-order valence-corrected chi connectivity index (χ0v) is 16.4. The third-order valence-electron chi connectivity index (χ3n) is 4.33. The predicted molar refractivity (Wildman–Crippen MR) is 101 cm³/mol. The van der Waals surface area contributed by atoms with Crippen molar-refractivity contribution in [3.05, 3.63) is 58.1 Å². The topological polar surface area (TPSA) is 66.5 Å². The van der Waals surface area contributed by atoms with Crippen LogP contribution in [0.1, 0.15) is 31.0 Å². The molecule has 0 saturated heterocycles. The number of amides is 1. The first-order valence-electron chi connectivity index (χ1n) is 7.97. The van der Waals surface area contributed by atoms with Gasteiger partial charge in [0.1, 0.15) is 0 Å². The van der Waals surface area contributed by atoms with Crippen molar-refractivity contribution >= 4 is 37.5 Å². The van der Waals surface area contributed by atoms with Crippen molar-refractivity contribution in [1.82, 2.24) is 4.72 Å². The first kappa shape index (κ1) is 18.1. The van der Waals surface area contributed by atoms with Crippen LogP contribution in [-0.4, -0.2) is 20.9 Å². The lowest BCUT2D eigenvalue weighted by atomic mass is 10.1. The van der Waals surface area contributed by atoms with Gasteiger partial charge in [-0.2, -0.15) is 0 Å². The predicted octanol–water partition coefficient (Wildman–Crippen LogP) is 3.40. The fourth-order valence-electron chi connectivity index (χ4n) is 3.03. The van der Waals surface area contributed by atoms with Crippen LogP contribution in [0.4, 0.5) is 5.69 Å². The van der Waals surface area contributed by atoms with Crippen LogP contribution in [0.3, 0.4) is 0 Å². The summed E-state index contributed by atoms with van der Waals surface area (Å²) in [5.41, 5.74) is 2.52. The highest BCUT2D eigenvalue weighted by Gasteiger charge is 2.28. The lowest BCUT2D eigenvalue weighted by Crippen LogP contribution is -2.28. The van der Waals surface area contributed by atoms with Crippen molar-refractivity contribution < 1.29 is 13.2 Å². The van der Waals surface area contributed by atoms with Gasteiger partial charge in [0.15, 0.2) is 0 Å². The van der Waals surface area contributed by atoms with E-state index in [4.69, 9.17) is 0 Å². The van der Waals surface area contributed by atoms with Gasteiger partial charge in [0.05, 0.1) is 4.90 Å². The number of hydrogen-bond acceptors (Lipinski definition) is 3. The number of halogens is 1. The molecule has 1 heterocycles. The second-order valence-electron chi connectivity index (χ2n) is 6.09. The zero-order valence-electron chi connectivity index (χ0n) is 14.0. The normalized spacial score (nSPS) is 15.1. The largest absolute Gasteiger partial charge is 0.312 e. The molecule has 0 saturated carbocycles. The molecule has 1 N–H and O–H groups in total. The third kappa shape index (κ3) is 3.63. The molecular formula is C18H19BrN2O3S. The van der Waals surface area contributed by atoms with Crippen LogP contribution in [-0.2, 0) is 21.2 Å². The van der Waals surface area contributed by atoms with E-state index in [1.807, 2.05) is 30.3 Å². The highest BCUT2D eigenvalue weighted by Crippen LogP contribution is 2.35. The summed E-state index contributed by atoms with van der Waals surface area (Å²) in [6.07, 6.45) is 0.724. The van der Waals surface area contributed by atoms with Crippen LogP contribution in [0.2, 0.25) is 0 Å². The second-order valence-corrected chi connectivity index (χ2v) is 8.62. The zero-order chi connectivity index (χ0) is 18.2. The summed E-state index contributed by atoms with van der Waals surface area (Å²) in [6.45, 7) is 3.87. The Morgan fingerprint density at radius 2 is 1.92 bits per heavy atom. The van der Waals surface area contributed by atoms with E-state index in [1.165, 1.54) is 6.92 Å². The first-order chi connectivity index (χ1) is 11.8. The van der Waals surface area contributed by atoms with E-state index in [1.54, 1.807) is 24.0 Å². The first-order valence-corrected chi connectivity index (χ1v) is 10.2. The summed E-state index contributed by atoms with van der Waals surface area (Å²) in [7, 11) is -3.74. The van der Waals surface area contributed by atoms with E-state index in [0.717, 1.165) is 17.5 Å². The van der Waals surface area contributed by atoms with Crippen molar-refractivity contribution in [2.75, 3.05) is 11.4 Å². The van der Waals surface area contributed by atoms with Crippen LogP contribution >= 0.6 is 15.9 Å². The number of nitrogens with zero attached hydrogens (tertiary/aromatic N) is 1. The number of nitrogens with one attached hydrogen (secondary N) is 1. The molecule has 0 aliphatic carbocycles. The Balaban J connectivity index is 1.95. The standard InChI is InChI=1S/C18H19BrN2O3S/c1-12(14-6-4-3-5-7-14)20-25(23,24)18-11-17-15(10-16(18)19)8-9-21(17)13(2)22/h3-7,10-12,20H,8-9H2,1-2H3/t12-/m1/s1. The van der Waals surface area contributed by atoms with Gasteiger partial charge < -0.3 is 4.90 Å². The molecule has 0 aromatic heterocycles. The summed E-state index contributed by atoms with van der Waals surface area (Å²) in [5.74, 6) is -0.0879. The number of carbonyl (C=O) groups excluding carboxylic acids is 1. The molecule has 2 aromatic carbocycles. The summed E-state index contributed by atoms with van der Waals surface area (Å²) < 4.78 is 28.9. The van der Waals surface area contributed by atoms with E-state index in [0.29, 0.717) is 16.7 Å². The number of hydrogen-bond donors (Lipinski definition) is 1. The number of benzene rings is 2. The Hall–Kier alpha value is -1.70. The number of anilines is 1. The van der Waals surface area contributed by atoms with Gasteiger partial charge in [-0.15, -0.1) is 0 Å².